The number of benzene rings is 1. The summed E-state index contributed by atoms with van der Waals surface area (Å²) in [6, 6.07) is 3.54. The van der Waals surface area contributed by atoms with Crippen molar-refractivity contribution in [3.63, 3.8) is 0 Å². The molecule has 1 aromatic heterocycles. The number of hydrogen-bond donors (Lipinski definition) is 2. The molecule has 0 fully saturated rings. The number of carbonyl (C=O) groups is 1. The normalized spacial score (nSPS) is 10.5. The van der Waals surface area contributed by atoms with E-state index in [1.54, 1.807) is 0 Å². The Kier molecular flexibility index (Phi) is 3.95. The Morgan fingerprint density at radius 2 is 2.00 bits per heavy atom. The molecule has 0 aliphatic carbocycles. The van der Waals surface area contributed by atoms with E-state index in [-0.39, 0.29) is 27.7 Å². The number of anilines is 2. The molecule has 0 radical (unpaired) electrons. The monoisotopic (exact) mass is 313 g/mol. The third kappa shape index (κ3) is 2.59. The van der Waals surface area contributed by atoms with Crippen molar-refractivity contribution in [1.82, 2.24) is 4.98 Å². The van der Waals surface area contributed by atoms with Gasteiger partial charge in [-0.1, -0.05) is 11.6 Å². The summed E-state index contributed by atoms with van der Waals surface area (Å²) in [4.78, 5) is 15.4. The van der Waals surface area contributed by atoms with Crippen LogP contribution in [0.25, 0.3) is 11.3 Å². The Morgan fingerprint density at radius 3 is 2.62 bits per heavy atom. The fourth-order valence-electron chi connectivity index (χ4n) is 1.73. The summed E-state index contributed by atoms with van der Waals surface area (Å²) < 4.78 is 31.9. The smallest absolute Gasteiger partial charge is 0.358 e. The fraction of sp³-hybridized carbons (Fsp3) is 0.0769. The van der Waals surface area contributed by atoms with Gasteiger partial charge in [-0.15, -0.1) is 0 Å². The number of ether oxygens (including phenoxy) is 1. The average molecular weight is 314 g/mol. The van der Waals surface area contributed by atoms with Crippen LogP contribution in [-0.2, 0) is 4.74 Å². The van der Waals surface area contributed by atoms with E-state index in [9.17, 15) is 13.6 Å². The maximum absolute atomic E-state index is 14.1. The van der Waals surface area contributed by atoms with Crippen LogP contribution in [-0.4, -0.2) is 18.1 Å². The van der Waals surface area contributed by atoms with E-state index in [2.05, 4.69) is 9.72 Å². The third-order valence-electron chi connectivity index (χ3n) is 2.77. The highest BCUT2D eigenvalue weighted by atomic mass is 35.5. The molecular weight excluding hydrogens is 304 g/mol. The van der Waals surface area contributed by atoms with Crippen molar-refractivity contribution >= 4 is 28.9 Å². The van der Waals surface area contributed by atoms with Crippen molar-refractivity contribution in [2.75, 3.05) is 18.6 Å². The van der Waals surface area contributed by atoms with E-state index in [0.717, 1.165) is 13.2 Å². The highest BCUT2D eigenvalue weighted by Gasteiger charge is 2.20. The molecule has 4 N–H and O–H groups in total. The first-order chi connectivity index (χ1) is 9.86. The van der Waals surface area contributed by atoms with Crippen LogP contribution in [0.15, 0.2) is 18.2 Å². The molecule has 1 heterocycles. The summed E-state index contributed by atoms with van der Waals surface area (Å²) in [5, 5.41) is 0.0275. The number of nitrogens with two attached hydrogens (primary N) is 2. The van der Waals surface area contributed by atoms with Gasteiger partial charge in [-0.05, 0) is 18.2 Å². The number of nitrogens with zero attached hydrogens (tertiary/aromatic N) is 1. The van der Waals surface area contributed by atoms with Crippen LogP contribution in [0.5, 0.6) is 0 Å². The topological polar surface area (TPSA) is 91.2 Å². The van der Waals surface area contributed by atoms with Crippen molar-refractivity contribution in [3.05, 3.63) is 40.6 Å². The lowest BCUT2D eigenvalue weighted by Gasteiger charge is -2.11. The van der Waals surface area contributed by atoms with Crippen LogP contribution in [0.1, 0.15) is 10.5 Å². The molecule has 2 rings (SSSR count). The lowest BCUT2D eigenvalue weighted by atomic mass is 10.1. The van der Waals surface area contributed by atoms with Gasteiger partial charge in [0, 0.05) is 5.69 Å². The molecule has 21 heavy (non-hydrogen) atoms. The van der Waals surface area contributed by atoms with Crippen molar-refractivity contribution in [2.45, 2.75) is 0 Å². The molecule has 0 aliphatic heterocycles. The molecule has 0 bridgehead atoms. The van der Waals surface area contributed by atoms with Crippen LogP contribution in [0.4, 0.5) is 20.2 Å². The van der Waals surface area contributed by atoms with E-state index >= 15 is 0 Å². The Hall–Kier alpha value is -2.41. The summed E-state index contributed by atoms with van der Waals surface area (Å²) in [6.45, 7) is 0. The quantitative estimate of drug-likeness (QED) is 0.657. The summed E-state index contributed by atoms with van der Waals surface area (Å²) in [7, 11) is 1.15. The standard InChI is InChI=1S/C13H10ClF2N3O2/c1-21-13(20)12-5(14)2-3-8(19-12)9-7(17)4-6(15)11(18)10(9)16/h2-4H,17-18H2,1H3. The first kappa shape index (κ1) is 15.0. The number of halogens is 3. The zero-order valence-corrected chi connectivity index (χ0v) is 11.5. The number of hydrogen-bond acceptors (Lipinski definition) is 5. The zero-order valence-electron chi connectivity index (χ0n) is 10.8. The van der Waals surface area contributed by atoms with E-state index in [0.29, 0.717) is 0 Å². The summed E-state index contributed by atoms with van der Waals surface area (Å²) >= 11 is 5.82. The molecule has 0 amide bonds. The predicted molar refractivity (Wildman–Crippen MR) is 74.8 cm³/mol. The molecule has 1 aromatic carbocycles. The SMILES string of the molecule is COC(=O)c1nc(-c2c(N)cc(F)c(N)c2F)ccc1Cl. The lowest BCUT2D eigenvalue weighted by molar-refractivity contribution is 0.0594. The molecule has 8 heteroatoms. The van der Waals surface area contributed by atoms with Crippen LogP contribution < -0.4 is 11.5 Å². The minimum absolute atomic E-state index is 0.0125. The van der Waals surface area contributed by atoms with Crippen molar-refractivity contribution in [2.24, 2.45) is 0 Å². The predicted octanol–water partition coefficient (Wildman–Crippen LogP) is 2.63. The van der Waals surface area contributed by atoms with Crippen molar-refractivity contribution in [3.8, 4) is 11.3 Å². The molecule has 0 aliphatic rings. The highest BCUT2D eigenvalue weighted by molar-refractivity contribution is 6.33. The molecular formula is C13H10ClF2N3O2. The van der Waals surface area contributed by atoms with E-state index < -0.39 is 23.3 Å². The Bertz CT molecular complexity index is 738. The van der Waals surface area contributed by atoms with E-state index in [1.807, 2.05) is 0 Å². The largest absolute Gasteiger partial charge is 0.464 e. The van der Waals surface area contributed by atoms with Gasteiger partial charge in [0.2, 0.25) is 0 Å². The molecule has 0 spiro atoms. The first-order valence-corrected chi connectivity index (χ1v) is 6.02. The van der Waals surface area contributed by atoms with Gasteiger partial charge >= 0.3 is 5.97 Å². The number of nitrogen functional groups attached to an aromatic ring is 2. The molecule has 2 aromatic rings. The molecule has 0 saturated carbocycles. The molecule has 110 valence electrons. The maximum Gasteiger partial charge on any atom is 0.358 e. The summed E-state index contributed by atoms with van der Waals surface area (Å²) in [5.41, 5.74) is 9.56. The molecule has 0 atom stereocenters. The van der Waals surface area contributed by atoms with Gasteiger partial charge in [-0.3, -0.25) is 0 Å². The number of aromatic nitrogens is 1. The second-order valence-electron chi connectivity index (χ2n) is 4.07. The number of pyridine rings is 1. The minimum atomic E-state index is -1.06. The first-order valence-electron chi connectivity index (χ1n) is 5.65. The maximum atomic E-state index is 14.1. The van der Waals surface area contributed by atoms with Gasteiger partial charge in [-0.25, -0.2) is 18.6 Å². The van der Waals surface area contributed by atoms with Crippen molar-refractivity contribution < 1.29 is 18.3 Å². The Balaban J connectivity index is 2.69. The lowest BCUT2D eigenvalue weighted by Crippen LogP contribution is -2.08. The van der Waals surface area contributed by atoms with Crippen LogP contribution >= 0.6 is 11.6 Å². The number of carbonyl (C=O) groups excluding carboxylic acids is 1. The average Bonchev–Trinajstić information content (AvgIpc) is 2.45. The van der Waals surface area contributed by atoms with Gasteiger partial charge in [-0.2, -0.15) is 0 Å². The van der Waals surface area contributed by atoms with Gasteiger partial charge in [0.1, 0.15) is 5.69 Å². The minimum Gasteiger partial charge on any atom is -0.464 e. The van der Waals surface area contributed by atoms with Gasteiger partial charge in [0.15, 0.2) is 17.3 Å². The van der Waals surface area contributed by atoms with Crippen LogP contribution in [0.2, 0.25) is 5.02 Å². The third-order valence-corrected chi connectivity index (χ3v) is 3.07. The fourth-order valence-corrected chi connectivity index (χ4v) is 1.92. The summed E-state index contributed by atoms with van der Waals surface area (Å²) in [5.74, 6) is -2.83. The van der Waals surface area contributed by atoms with Gasteiger partial charge in [0.25, 0.3) is 0 Å². The number of rotatable bonds is 2. The van der Waals surface area contributed by atoms with Gasteiger partial charge < -0.3 is 16.2 Å². The van der Waals surface area contributed by atoms with E-state index in [1.165, 1.54) is 12.1 Å². The summed E-state index contributed by atoms with van der Waals surface area (Å²) in [6.07, 6.45) is 0. The van der Waals surface area contributed by atoms with E-state index in [4.69, 9.17) is 23.1 Å². The number of esters is 1. The van der Waals surface area contributed by atoms with Crippen LogP contribution in [0, 0.1) is 11.6 Å². The molecule has 0 saturated heterocycles. The second kappa shape index (κ2) is 5.53. The van der Waals surface area contributed by atoms with Crippen LogP contribution in [0.3, 0.4) is 0 Å². The molecule has 0 unspecified atom stereocenters. The highest BCUT2D eigenvalue weighted by Crippen LogP contribution is 2.33. The zero-order chi connectivity index (χ0) is 15.7. The Morgan fingerprint density at radius 1 is 1.33 bits per heavy atom. The Labute approximate surface area is 123 Å². The molecule has 5 nitrogen and oxygen atoms in total. The van der Waals surface area contributed by atoms with Gasteiger partial charge in [0.05, 0.1) is 23.4 Å². The second-order valence-corrected chi connectivity index (χ2v) is 4.48. The number of methoxy groups -OCH3 is 1. The van der Waals surface area contributed by atoms with Crippen molar-refractivity contribution in [1.29, 1.82) is 0 Å².